The summed E-state index contributed by atoms with van der Waals surface area (Å²) in [6.45, 7) is 0. The third-order valence-corrected chi connectivity index (χ3v) is 4.48. The standard InChI is InChI=1S/C22H17NO5/c1-26-18-8-4-3-7-17(18)23-21(24)15-12-11-14(13-16(15)22(23)25)28-20-10-6-5-9-19(20)27-2/h3-13H,1-2H3. The number of carbonyl (C=O) groups is 2. The Bertz CT molecular complexity index is 1080. The SMILES string of the molecule is COc1ccccc1Oc1ccc2c(c1)C(=O)N(c1ccccc1OC)C2=O. The van der Waals surface area contributed by atoms with Crippen molar-refractivity contribution in [3.63, 3.8) is 0 Å². The Labute approximate surface area is 161 Å². The second-order valence-electron chi connectivity index (χ2n) is 6.08. The highest BCUT2D eigenvalue weighted by Crippen LogP contribution is 2.37. The number of imide groups is 1. The highest BCUT2D eigenvalue weighted by atomic mass is 16.5. The van der Waals surface area contributed by atoms with E-state index in [9.17, 15) is 9.59 Å². The molecule has 0 fully saturated rings. The van der Waals surface area contributed by atoms with Crippen LogP contribution in [0.5, 0.6) is 23.0 Å². The molecule has 0 N–H and O–H groups in total. The van der Waals surface area contributed by atoms with Crippen LogP contribution in [-0.2, 0) is 0 Å². The molecule has 2 amide bonds. The van der Waals surface area contributed by atoms with Crippen LogP contribution in [-0.4, -0.2) is 26.0 Å². The van der Waals surface area contributed by atoms with Crippen molar-refractivity contribution in [1.82, 2.24) is 0 Å². The van der Waals surface area contributed by atoms with Crippen LogP contribution in [0.2, 0.25) is 0 Å². The molecule has 3 aromatic carbocycles. The van der Waals surface area contributed by atoms with Gasteiger partial charge < -0.3 is 14.2 Å². The summed E-state index contributed by atoms with van der Waals surface area (Å²) < 4.78 is 16.4. The van der Waals surface area contributed by atoms with Gasteiger partial charge in [-0.15, -0.1) is 0 Å². The molecule has 1 aliphatic rings. The number of fused-ring (bicyclic) bond motifs is 1. The maximum Gasteiger partial charge on any atom is 0.266 e. The first-order chi connectivity index (χ1) is 13.6. The van der Waals surface area contributed by atoms with E-state index >= 15 is 0 Å². The lowest BCUT2D eigenvalue weighted by atomic mass is 10.1. The fourth-order valence-corrected chi connectivity index (χ4v) is 3.15. The topological polar surface area (TPSA) is 65.1 Å². The van der Waals surface area contributed by atoms with E-state index in [0.29, 0.717) is 34.2 Å². The Kier molecular flexibility index (Phi) is 4.45. The Balaban J connectivity index is 1.70. The number of ether oxygens (including phenoxy) is 3. The van der Waals surface area contributed by atoms with Crippen LogP contribution >= 0.6 is 0 Å². The van der Waals surface area contributed by atoms with Crippen LogP contribution in [0.1, 0.15) is 20.7 Å². The molecular weight excluding hydrogens is 358 g/mol. The molecule has 0 aromatic heterocycles. The van der Waals surface area contributed by atoms with Gasteiger partial charge in [-0.2, -0.15) is 0 Å². The van der Waals surface area contributed by atoms with Crippen molar-refractivity contribution in [2.24, 2.45) is 0 Å². The average molecular weight is 375 g/mol. The van der Waals surface area contributed by atoms with Crippen molar-refractivity contribution in [3.8, 4) is 23.0 Å². The molecular formula is C22H17NO5. The summed E-state index contributed by atoms with van der Waals surface area (Å²) in [6.07, 6.45) is 0. The summed E-state index contributed by atoms with van der Waals surface area (Å²) >= 11 is 0. The number of hydrogen-bond acceptors (Lipinski definition) is 5. The Morgan fingerprint density at radius 2 is 1.29 bits per heavy atom. The molecule has 0 bridgehead atoms. The molecule has 1 heterocycles. The van der Waals surface area contributed by atoms with Gasteiger partial charge in [0.25, 0.3) is 11.8 Å². The van der Waals surface area contributed by atoms with Gasteiger partial charge in [-0.1, -0.05) is 24.3 Å². The largest absolute Gasteiger partial charge is 0.495 e. The predicted octanol–water partition coefficient (Wildman–Crippen LogP) is 4.30. The summed E-state index contributed by atoms with van der Waals surface area (Å²) in [5, 5.41) is 0. The van der Waals surface area contributed by atoms with Gasteiger partial charge in [-0.05, 0) is 42.5 Å². The monoisotopic (exact) mass is 375 g/mol. The molecule has 0 atom stereocenters. The number of para-hydroxylation sites is 4. The molecule has 0 saturated heterocycles. The summed E-state index contributed by atoms with van der Waals surface area (Å²) in [7, 11) is 3.05. The zero-order chi connectivity index (χ0) is 19.7. The molecule has 0 unspecified atom stereocenters. The van der Waals surface area contributed by atoms with E-state index in [-0.39, 0.29) is 5.56 Å². The van der Waals surface area contributed by atoms with Gasteiger partial charge in [-0.25, -0.2) is 4.90 Å². The number of amides is 2. The summed E-state index contributed by atoms with van der Waals surface area (Å²) in [5.74, 6) is 1.15. The predicted molar refractivity (Wildman–Crippen MR) is 104 cm³/mol. The van der Waals surface area contributed by atoms with E-state index in [1.807, 2.05) is 12.1 Å². The smallest absolute Gasteiger partial charge is 0.266 e. The molecule has 1 aliphatic heterocycles. The Morgan fingerprint density at radius 1 is 0.679 bits per heavy atom. The van der Waals surface area contributed by atoms with Crippen molar-refractivity contribution in [3.05, 3.63) is 77.9 Å². The maximum atomic E-state index is 13.0. The van der Waals surface area contributed by atoms with E-state index in [4.69, 9.17) is 14.2 Å². The highest BCUT2D eigenvalue weighted by molar-refractivity contribution is 6.35. The number of rotatable bonds is 5. The van der Waals surface area contributed by atoms with E-state index in [2.05, 4.69) is 0 Å². The number of benzene rings is 3. The van der Waals surface area contributed by atoms with Crippen LogP contribution in [0.4, 0.5) is 5.69 Å². The molecule has 4 rings (SSSR count). The van der Waals surface area contributed by atoms with Crippen molar-refractivity contribution < 1.29 is 23.8 Å². The van der Waals surface area contributed by atoms with Crippen molar-refractivity contribution in [2.75, 3.05) is 19.1 Å². The minimum absolute atomic E-state index is 0.281. The number of carbonyl (C=O) groups excluding carboxylic acids is 2. The summed E-state index contributed by atoms with van der Waals surface area (Å²) in [4.78, 5) is 26.9. The molecule has 28 heavy (non-hydrogen) atoms. The van der Waals surface area contributed by atoms with Crippen LogP contribution in [0, 0.1) is 0 Å². The molecule has 6 heteroatoms. The van der Waals surface area contributed by atoms with Gasteiger partial charge in [-0.3, -0.25) is 9.59 Å². The lowest BCUT2D eigenvalue weighted by Crippen LogP contribution is -2.29. The lowest BCUT2D eigenvalue weighted by Gasteiger charge is -2.16. The normalized spacial score (nSPS) is 12.7. The van der Waals surface area contributed by atoms with Gasteiger partial charge in [0.05, 0.1) is 31.0 Å². The van der Waals surface area contributed by atoms with Crippen LogP contribution in [0.15, 0.2) is 66.7 Å². The number of hydrogen-bond donors (Lipinski definition) is 0. The van der Waals surface area contributed by atoms with E-state index in [1.54, 1.807) is 61.7 Å². The molecule has 0 radical (unpaired) electrons. The second-order valence-corrected chi connectivity index (χ2v) is 6.08. The molecule has 0 aliphatic carbocycles. The second kappa shape index (κ2) is 7.08. The van der Waals surface area contributed by atoms with Gasteiger partial charge in [0.2, 0.25) is 0 Å². The summed E-state index contributed by atoms with van der Waals surface area (Å²) in [6, 6.07) is 18.9. The third kappa shape index (κ3) is 2.85. The first-order valence-electron chi connectivity index (χ1n) is 8.60. The van der Waals surface area contributed by atoms with Crippen molar-refractivity contribution >= 4 is 17.5 Å². The zero-order valence-corrected chi connectivity index (χ0v) is 15.3. The molecule has 0 saturated carbocycles. The highest BCUT2D eigenvalue weighted by Gasteiger charge is 2.38. The Morgan fingerprint density at radius 3 is 2.00 bits per heavy atom. The molecule has 140 valence electrons. The minimum atomic E-state index is -0.421. The fraction of sp³-hybridized carbons (Fsp3) is 0.0909. The number of methoxy groups -OCH3 is 2. The van der Waals surface area contributed by atoms with Gasteiger partial charge in [0.15, 0.2) is 11.5 Å². The van der Waals surface area contributed by atoms with Crippen LogP contribution in [0.25, 0.3) is 0 Å². The first kappa shape index (κ1) is 17.6. The van der Waals surface area contributed by atoms with E-state index < -0.39 is 11.8 Å². The minimum Gasteiger partial charge on any atom is -0.495 e. The van der Waals surface area contributed by atoms with Crippen molar-refractivity contribution in [2.45, 2.75) is 0 Å². The fourth-order valence-electron chi connectivity index (χ4n) is 3.15. The number of anilines is 1. The summed E-state index contributed by atoms with van der Waals surface area (Å²) in [5.41, 5.74) is 1.01. The van der Waals surface area contributed by atoms with Gasteiger partial charge in [0, 0.05) is 0 Å². The molecule has 3 aromatic rings. The van der Waals surface area contributed by atoms with E-state index in [0.717, 1.165) is 4.90 Å². The maximum absolute atomic E-state index is 13.0. The quantitative estimate of drug-likeness (QED) is 0.622. The number of nitrogens with zero attached hydrogens (tertiary/aromatic N) is 1. The molecule has 0 spiro atoms. The third-order valence-electron chi connectivity index (χ3n) is 4.48. The van der Waals surface area contributed by atoms with Gasteiger partial charge >= 0.3 is 0 Å². The van der Waals surface area contributed by atoms with Crippen molar-refractivity contribution in [1.29, 1.82) is 0 Å². The van der Waals surface area contributed by atoms with Crippen LogP contribution < -0.4 is 19.1 Å². The average Bonchev–Trinajstić information content (AvgIpc) is 2.98. The van der Waals surface area contributed by atoms with Crippen LogP contribution in [0.3, 0.4) is 0 Å². The first-order valence-corrected chi connectivity index (χ1v) is 8.60. The zero-order valence-electron chi connectivity index (χ0n) is 15.3. The Hall–Kier alpha value is -3.80. The van der Waals surface area contributed by atoms with Gasteiger partial charge in [0.1, 0.15) is 11.5 Å². The van der Waals surface area contributed by atoms with E-state index in [1.165, 1.54) is 7.11 Å². The lowest BCUT2D eigenvalue weighted by molar-refractivity contribution is 0.0925. The molecule has 6 nitrogen and oxygen atoms in total.